The quantitative estimate of drug-likeness (QED) is 0.0831. The Morgan fingerprint density at radius 3 is 2.39 bits per heavy atom. The standard InChI is InChI=1S/C61H69N9O6S/c1-37(35-68-30-32-69(33-31-68)49-17-10-15-45-54(66-67(6)56(45)49)46-25-27-53(71)64-58(46)73)34-39-20-22-41(23-21-39)75-50-18-11-13-42(38(50)2)43-24-26-52(63-55(43)59(74)76-61(3,4)5)70-29-28-40-12-9-14-44(47(40)36-70)57(72)65-60-62-48-16-7-8-19-51(48)77-60/h7-19,24,26,37,39,41,46H,20-23,25,27-36H2,1-6H3,(H,62,65,72)(H,64,71,73)/t37-,39?,41?,46?/m0/s1. The lowest BCUT2D eigenvalue weighted by atomic mass is 9.82. The third-order valence-electron chi connectivity index (χ3n) is 16.0. The van der Waals surface area contributed by atoms with Gasteiger partial charge in [-0.2, -0.15) is 5.10 Å². The number of rotatable bonds is 13. The van der Waals surface area contributed by atoms with E-state index >= 15 is 0 Å². The number of benzene rings is 4. The van der Waals surface area contributed by atoms with Gasteiger partial charge in [-0.05, 0) is 149 Å². The van der Waals surface area contributed by atoms with Crippen LogP contribution in [0.15, 0.2) is 91.0 Å². The topological polar surface area (TPSA) is 164 Å². The van der Waals surface area contributed by atoms with Gasteiger partial charge in [0.2, 0.25) is 11.8 Å². The van der Waals surface area contributed by atoms with E-state index in [-0.39, 0.29) is 29.5 Å². The summed E-state index contributed by atoms with van der Waals surface area (Å²) in [7, 11) is 1.95. The maximum Gasteiger partial charge on any atom is 0.358 e. The third kappa shape index (κ3) is 11.2. The predicted octanol–water partition coefficient (Wildman–Crippen LogP) is 10.6. The van der Waals surface area contributed by atoms with Crippen molar-refractivity contribution in [2.45, 2.75) is 110 Å². The van der Waals surface area contributed by atoms with Crippen molar-refractivity contribution >= 4 is 72.8 Å². The van der Waals surface area contributed by atoms with E-state index in [0.717, 1.165) is 119 Å². The van der Waals surface area contributed by atoms with E-state index in [9.17, 15) is 19.2 Å². The van der Waals surface area contributed by atoms with Crippen LogP contribution in [0.5, 0.6) is 5.75 Å². The second kappa shape index (κ2) is 21.7. The fourth-order valence-corrected chi connectivity index (χ4v) is 13.0. The molecule has 0 spiro atoms. The van der Waals surface area contributed by atoms with Crippen LogP contribution in [0.3, 0.4) is 0 Å². The van der Waals surface area contributed by atoms with Crippen LogP contribution in [0.1, 0.15) is 122 Å². The van der Waals surface area contributed by atoms with Crippen LogP contribution in [0.25, 0.3) is 32.2 Å². The number of carbonyl (C=O) groups is 4. The molecule has 3 fully saturated rings. The first-order valence-corrected chi connectivity index (χ1v) is 28.2. The molecule has 4 aliphatic rings. The van der Waals surface area contributed by atoms with Gasteiger partial charge in [0.1, 0.15) is 17.2 Å². The SMILES string of the molecule is Cc1c(OC2CCC(C[C@H](C)CN3CCN(c4cccc5c(C6CCC(=O)NC6=O)nn(C)c45)CC3)CC2)cccc1-c1ccc(N2CCc3cccc(C(=O)Nc4nc5ccccc5s4)c3C2)nc1C(=O)OC(C)(C)C. The van der Waals surface area contributed by atoms with Gasteiger partial charge in [-0.15, -0.1) is 0 Å². The molecule has 3 aromatic heterocycles. The molecule has 2 N–H and O–H groups in total. The van der Waals surface area contributed by atoms with Gasteiger partial charge in [0.25, 0.3) is 5.91 Å². The lowest BCUT2D eigenvalue weighted by Crippen LogP contribution is -2.47. The first kappa shape index (κ1) is 51.9. The molecule has 0 radical (unpaired) electrons. The fraction of sp³-hybridized carbons (Fsp3) is 0.426. The molecular formula is C61H69N9O6S. The number of aromatic nitrogens is 4. The Kier molecular flexibility index (Phi) is 14.6. The number of hydrogen-bond donors (Lipinski definition) is 2. The smallest absolute Gasteiger partial charge is 0.358 e. The van der Waals surface area contributed by atoms with Gasteiger partial charge in [0.05, 0.1) is 39.1 Å². The van der Waals surface area contributed by atoms with E-state index < -0.39 is 17.5 Å². The van der Waals surface area contributed by atoms with Gasteiger partial charge in [-0.25, -0.2) is 14.8 Å². The van der Waals surface area contributed by atoms with Crippen LogP contribution < -0.4 is 25.2 Å². The molecule has 1 aliphatic carbocycles. The number of esters is 1. The van der Waals surface area contributed by atoms with E-state index in [0.29, 0.717) is 66.3 Å². The van der Waals surface area contributed by atoms with Crippen molar-refractivity contribution in [3.8, 4) is 16.9 Å². The van der Waals surface area contributed by atoms with Crippen molar-refractivity contribution < 1.29 is 28.7 Å². The third-order valence-corrected chi connectivity index (χ3v) is 16.9. The van der Waals surface area contributed by atoms with Crippen molar-refractivity contribution in [1.29, 1.82) is 0 Å². The number of pyridine rings is 1. The number of anilines is 3. The van der Waals surface area contributed by atoms with Gasteiger partial charge < -0.3 is 19.3 Å². The summed E-state index contributed by atoms with van der Waals surface area (Å²) in [4.78, 5) is 69.5. The summed E-state index contributed by atoms with van der Waals surface area (Å²) in [6.07, 6.45) is 7.07. The number of hydrogen-bond acceptors (Lipinski definition) is 13. The molecule has 77 heavy (non-hydrogen) atoms. The normalized spacial score (nSPS) is 19.7. The van der Waals surface area contributed by atoms with Crippen molar-refractivity contribution in [3.63, 3.8) is 0 Å². The van der Waals surface area contributed by atoms with Gasteiger partial charge in [-0.1, -0.05) is 66.8 Å². The summed E-state index contributed by atoms with van der Waals surface area (Å²) in [5.41, 5.74) is 8.43. The van der Waals surface area contributed by atoms with Crippen molar-refractivity contribution in [2.24, 2.45) is 18.9 Å². The Balaban J connectivity index is 0.709. The van der Waals surface area contributed by atoms with Gasteiger partial charge in [0.15, 0.2) is 10.8 Å². The molecule has 3 amide bonds. The summed E-state index contributed by atoms with van der Waals surface area (Å²) in [6, 6.07) is 30.0. The zero-order chi connectivity index (χ0) is 53.5. The lowest BCUT2D eigenvalue weighted by Gasteiger charge is -2.38. The Morgan fingerprint density at radius 2 is 1.61 bits per heavy atom. The molecule has 1 saturated carbocycles. The van der Waals surface area contributed by atoms with Crippen LogP contribution in [0.4, 0.5) is 16.6 Å². The van der Waals surface area contributed by atoms with Gasteiger partial charge >= 0.3 is 5.97 Å². The molecule has 0 bridgehead atoms. The van der Waals surface area contributed by atoms with E-state index in [1.165, 1.54) is 17.8 Å². The number of aryl methyl sites for hydroxylation is 1. The van der Waals surface area contributed by atoms with E-state index in [1.54, 1.807) is 0 Å². The van der Waals surface area contributed by atoms with Crippen molar-refractivity contribution in [3.05, 3.63) is 125 Å². The van der Waals surface area contributed by atoms with Crippen molar-refractivity contribution in [2.75, 3.05) is 54.4 Å². The molecule has 4 aromatic carbocycles. The summed E-state index contributed by atoms with van der Waals surface area (Å²) < 4.78 is 15.8. The Hall–Kier alpha value is -7.17. The molecule has 16 heteroatoms. The number of piperidine rings is 1. The summed E-state index contributed by atoms with van der Waals surface area (Å²) in [5, 5.41) is 11.9. The molecule has 2 atom stereocenters. The number of imide groups is 1. The molecule has 3 aliphatic heterocycles. The lowest BCUT2D eigenvalue weighted by molar-refractivity contribution is -0.134. The summed E-state index contributed by atoms with van der Waals surface area (Å²) >= 11 is 1.45. The Morgan fingerprint density at radius 1 is 0.831 bits per heavy atom. The number of para-hydroxylation sites is 2. The molecule has 7 aromatic rings. The van der Waals surface area contributed by atoms with Crippen LogP contribution in [-0.2, 0) is 34.3 Å². The maximum atomic E-state index is 14.2. The highest BCUT2D eigenvalue weighted by Crippen LogP contribution is 2.39. The Bertz CT molecular complexity index is 3350. The zero-order valence-electron chi connectivity index (χ0n) is 45.1. The maximum absolute atomic E-state index is 14.2. The number of nitrogens with one attached hydrogen (secondary N) is 2. The minimum atomic E-state index is -0.736. The van der Waals surface area contributed by atoms with Crippen LogP contribution >= 0.6 is 11.3 Å². The van der Waals surface area contributed by atoms with Crippen LogP contribution in [0, 0.1) is 18.8 Å². The number of carbonyl (C=O) groups excluding carboxylic acids is 4. The summed E-state index contributed by atoms with van der Waals surface area (Å²) in [6.45, 7) is 16.1. The van der Waals surface area contributed by atoms with E-state index in [4.69, 9.17) is 19.6 Å². The number of fused-ring (bicyclic) bond motifs is 3. The first-order chi connectivity index (χ1) is 37.1. The second-order valence-corrected chi connectivity index (χ2v) is 23.7. The van der Waals surface area contributed by atoms with Crippen LogP contribution in [0.2, 0.25) is 0 Å². The number of piperazine rings is 1. The van der Waals surface area contributed by atoms with Crippen LogP contribution in [-0.4, -0.2) is 99.3 Å². The fourth-order valence-electron chi connectivity index (χ4n) is 12.2. The molecule has 6 heterocycles. The average Bonchev–Trinajstić information content (AvgIpc) is 4.00. The van der Waals surface area contributed by atoms with Gasteiger partial charge in [0, 0.05) is 75.8 Å². The largest absolute Gasteiger partial charge is 0.490 e. The molecule has 1 unspecified atom stereocenters. The molecule has 15 nitrogen and oxygen atoms in total. The zero-order valence-corrected chi connectivity index (χ0v) is 45.9. The Labute approximate surface area is 454 Å². The monoisotopic (exact) mass is 1060 g/mol. The molecule has 11 rings (SSSR count). The highest BCUT2D eigenvalue weighted by atomic mass is 32.1. The minimum absolute atomic E-state index is 0.105. The minimum Gasteiger partial charge on any atom is -0.490 e. The van der Waals surface area contributed by atoms with E-state index in [2.05, 4.69) is 62.4 Å². The second-order valence-electron chi connectivity index (χ2n) is 22.6. The van der Waals surface area contributed by atoms with E-state index in [1.807, 2.05) is 105 Å². The highest BCUT2D eigenvalue weighted by Gasteiger charge is 2.34. The predicted molar refractivity (Wildman–Crippen MR) is 303 cm³/mol. The number of ether oxygens (including phenoxy) is 2. The molecule has 2 saturated heterocycles. The van der Waals surface area contributed by atoms with Gasteiger partial charge in [-0.3, -0.25) is 34.6 Å². The highest BCUT2D eigenvalue weighted by molar-refractivity contribution is 7.22. The molecular weight excluding hydrogens is 987 g/mol. The first-order valence-electron chi connectivity index (χ1n) is 27.4. The average molecular weight is 1060 g/mol. The number of amides is 3. The number of nitrogens with zero attached hydrogens (tertiary/aromatic N) is 7. The number of thiazole rings is 1. The summed E-state index contributed by atoms with van der Waals surface area (Å²) in [5.74, 6) is 1.09. The van der Waals surface area contributed by atoms with Crippen molar-refractivity contribution in [1.82, 2.24) is 30.0 Å². The molecule has 400 valence electrons.